The Bertz CT molecular complexity index is 1060. The summed E-state index contributed by atoms with van der Waals surface area (Å²) in [5.41, 5.74) is 3.05. The van der Waals surface area contributed by atoms with E-state index in [9.17, 15) is 14.0 Å². The number of nitrogens with one attached hydrogen (secondary N) is 1. The van der Waals surface area contributed by atoms with Crippen LogP contribution in [0.3, 0.4) is 0 Å². The predicted molar refractivity (Wildman–Crippen MR) is 133 cm³/mol. The molecule has 1 aliphatic heterocycles. The van der Waals surface area contributed by atoms with E-state index in [1.165, 1.54) is 25.0 Å². The Morgan fingerprint density at radius 2 is 1.83 bits per heavy atom. The summed E-state index contributed by atoms with van der Waals surface area (Å²) in [7, 11) is 0. The van der Waals surface area contributed by atoms with Crippen molar-refractivity contribution < 1.29 is 18.7 Å². The summed E-state index contributed by atoms with van der Waals surface area (Å²) in [5.74, 6) is 1.13. The molecule has 2 aromatic rings. The zero-order valence-corrected chi connectivity index (χ0v) is 20.5. The van der Waals surface area contributed by atoms with Gasteiger partial charge in [0.2, 0.25) is 5.91 Å². The first kappa shape index (κ1) is 23.8. The van der Waals surface area contributed by atoms with E-state index in [1.54, 1.807) is 12.1 Å². The van der Waals surface area contributed by atoms with Gasteiger partial charge in [0.15, 0.2) is 6.10 Å². The van der Waals surface area contributed by atoms with Crippen molar-refractivity contribution in [2.24, 2.45) is 11.8 Å². The lowest BCUT2D eigenvalue weighted by molar-refractivity contribution is -0.137. The summed E-state index contributed by atoms with van der Waals surface area (Å²) in [6.07, 6.45) is 7.23. The van der Waals surface area contributed by atoms with Crippen LogP contribution in [0, 0.1) is 17.7 Å². The highest BCUT2D eigenvalue weighted by Crippen LogP contribution is 2.40. The van der Waals surface area contributed by atoms with Crippen LogP contribution in [-0.2, 0) is 16.0 Å². The molecule has 0 unspecified atom stereocenters. The molecule has 3 aliphatic rings. The summed E-state index contributed by atoms with van der Waals surface area (Å²) < 4.78 is 19.9. The van der Waals surface area contributed by atoms with Crippen molar-refractivity contribution in [2.75, 3.05) is 13.1 Å². The molecular formula is C29H35FN2O3. The molecule has 0 aromatic heterocycles. The third-order valence-electron chi connectivity index (χ3n) is 7.72. The topological polar surface area (TPSA) is 58.6 Å². The van der Waals surface area contributed by atoms with E-state index < -0.39 is 6.10 Å². The molecule has 35 heavy (non-hydrogen) atoms. The van der Waals surface area contributed by atoms with Gasteiger partial charge in [-0.3, -0.25) is 9.59 Å². The highest BCUT2D eigenvalue weighted by atomic mass is 19.1. The van der Waals surface area contributed by atoms with Crippen LogP contribution >= 0.6 is 0 Å². The van der Waals surface area contributed by atoms with Crippen LogP contribution in [-0.4, -0.2) is 35.9 Å². The maximum atomic E-state index is 13.8. The highest BCUT2D eigenvalue weighted by molar-refractivity contribution is 5.81. The summed E-state index contributed by atoms with van der Waals surface area (Å²) in [5, 5.41) is 3.02. The fourth-order valence-corrected chi connectivity index (χ4v) is 5.48. The van der Waals surface area contributed by atoms with Crippen molar-refractivity contribution in [2.45, 2.75) is 70.4 Å². The minimum absolute atomic E-state index is 0.0681. The second kappa shape index (κ2) is 10.4. The standard InChI is InChI=1S/C29H35FN2O3/c1-2-26(28(33)31-18-19-7-8-19)35-24-14-11-20-15-16-32(29(34)22-5-3-4-6-22)27(25(20)17-24)21-9-12-23(30)13-10-21/h9-14,17,19,22,26-27H,2-8,15-16,18H2,1H3,(H,31,33)/t26-,27-/m1/s1. The number of hydrogen-bond acceptors (Lipinski definition) is 3. The molecule has 1 heterocycles. The predicted octanol–water partition coefficient (Wildman–Crippen LogP) is 5.17. The number of nitrogens with zero attached hydrogens (tertiary/aromatic N) is 1. The number of rotatable bonds is 8. The molecule has 2 aliphatic carbocycles. The number of fused-ring (bicyclic) bond motifs is 1. The molecule has 186 valence electrons. The number of benzene rings is 2. The Kier molecular flexibility index (Phi) is 7.07. The molecule has 0 bridgehead atoms. The molecule has 2 amide bonds. The minimum atomic E-state index is -0.559. The first-order valence-electron chi connectivity index (χ1n) is 13.2. The number of carbonyl (C=O) groups is 2. The molecule has 0 spiro atoms. The summed E-state index contributed by atoms with van der Waals surface area (Å²) in [4.78, 5) is 28.2. The van der Waals surface area contributed by atoms with Crippen LogP contribution in [0.5, 0.6) is 5.75 Å². The smallest absolute Gasteiger partial charge is 0.261 e. The molecule has 6 heteroatoms. The highest BCUT2D eigenvalue weighted by Gasteiger charge is 2.36. The van der Waals surface area contributed by atoms with Gasteiger partial charge >= 0.3 is 0 Å². The van der Waals surface area contributed by atoms with Gasteiger partial charge in [0.05, 0.1) is 6.04 Å². The normalized spacial score (nSPS) is 20.9. The van der Waals surface area contributed by atoms with Crippen LogP contribution < -0.4 is 10.1 Å². The van der Waals surface area contributed by atoms with Gasteiger partial charge in [-0.25, -0.2) is 4.39 Å². The Morgan fingerprint density at radius 3 is 2.51 bits per heavy atom. The maximum Gasteiger partial charge on any atom is 0.261 e. The van der Waals surface area contributed by atoms with Crippen LogP contribution in [0.1, 0.15) is 74.6 Å². The fourth-order valence-electron chi connectivity index (χ4n) is 5.48. The third-order valence-corrected chi connectivity index (χ3v) is 7.72. The van der Waals surface area contributed by atoms with E-state index in [0.717, 1.165) is 48.8 Å². The van der Waals surface area contributed by atoms with Gasteiger partial charge in [0, 0.05) is 19.0 Å². The van der Waals surface area contributed by atoms with Crippen molar-refractivity contribution in [3.63, 3.8) is 0 Å². The lowest BCUT2D eigenvalue weighted by atomic mass is 9.87. The molecule has 2 aromatic carbocycles. The van der Waals surface area contributed by atoms with Gasteiger partial charge in [0.1, 0.15) is 11.6 Å². The van der Waals surface area contributed by atoms with Crippen LogP contribution in [0.25, 0.3) is 0 Å². The molecule has 2 fully saturated rings. The second-order valence-electron chi connectivity index (χ2n) is 10.3. The first-order chi connectivity index (χ1) is 17.0. The molecule has 0 saturated heterocycles. The van der Waals surface area contributed by atoms with Gasteiger partial charge in [-0.15, -0.1) is 0 Å². The van der Waals surface area contributed by atoms with Crippen LogP contribution in [0.2, 0.25) is 0 Å². The molecule has 2 atom stereocenters. The van der Waals surface area contributed by atoms with Gasteiger partial charge in [-0.2, -0.15) is 0 Å². The molecule has 1 N–H and O–H groups in total. The lowest BCUT2D eigenvalue weighted by Gasteiger charge is -2.39. The SMILES string of the molecule is CC[C@@H](Oc1ccc2c(c1)[C@@H](c1ccc(F)cc1)N(C(=O)C1CCCC1)CC2)C(=O)NCC1CC1. The first-order valence-corrected chi connectivity index (χ1v) is 13.2. The monoisotopic (exact) mass is 478 g/mol. The van der Waals surface area contributed by atoms with Crippen molar-refractivity contribution in [3.05, 3.63) is 65.0 Å². The molecule has 5 nitrogen and oxygen atoms in total. The third kappa shape index (κ3) is 5.36. The Labute approximate surface area is 207 Å². The molecule has 0 radical (unpaired) electrons. The summed E-state index contributed by atoms with van der Waals surface area (Å²) in [6, 6.07) is 12.1. The van der Waals surface area contributed by atoms with E-state index in [0.29, 0.717) is 31.2 Å². The number of ether oxygens (including phenoxy) is 1. The number of carbonyl (C=O) groups excluding carboxylic acids is 2. The van der Waals surface area contributed by atoms with Gasteiger partial charge < -0.3 is 15.0 Å². The average molecular weight is 479 g/mol. The quantitative estimate of drug-likeness (QED) is 0.569. The minimum Gasteiger partial charge on any atom is -0.481 e. The zero-order chi connectivity index (χ0) is 24.4. The van der Waals surface area contributed by atoms with E-state index in [-0.39, 0.29) is 29.6 Å². The van der Waals surface area contributed by atoms with Crippen molar-refractivity contribution >= 4 is 11.8 Å². The largest absolute Gasteiger partial charge is 0.481 e. The number of halogens is 1. The van der Waals surface area contributed by atoms with Crippen LogP contribution in [0.4, 0.5) is 4.39 Å². The number of amides is 2. The maximum absolute atomic E-state index is 13.8. The van der Waals surface area contributed by atoms with Gasteiger partial charge in [0.25, 0.3) is 5.91 Å². The van der Waals surface area contributed by atoms with Crippen molar-refractivity contribution in [1.82, 2.24) is 10.2 Å². The number of hydrogen-bond donors (Lipinski definition) is 1. The molecule has 5 rings (SSSR count). The van der Waals surface area contributed by atoms with Crippen LogP contribution in [0.15, 0.2) is 42.5 Å². The average Bonchev–Trinajstić information content (AvgIpc) is 3.55. The summed E-state index contributed by atoms with van der Waals surface area (Å²) in [6.45, 7) is 3.31. The van der Waals surface area contributed by atoms with Crippen molar-refractivity contribution in [1.29, 1.82) is 0 Å². The van der Waals surface area contributed by atoms with Gasteiger partial charge in [-0.1, -0.05) is 38.0 Å². The zero-order valence-electron chi connectivity index (χ0n) is 20.5. The van der Waals surface area contributed by atoms with Gasteiger partial charge in [-0.05, 0) is 85.4 Å². The Balaban J connectivity index is 1.43. The van der Waals surface area contributed by atoms with E-state index in [1.807, 2.05) is 30.0 Å². The Hall–Kier alpha value is -2.89. The van der Waals surface area contributed by atoms with E-state index in [4.69, 9.17) is 4.74 Å². The second-order valence-corrected chi connectivity index (χ2v) is 10.3. The Morgan fingerprint density at radius 1 is 1.09 bits per heavy atom. The molecular weight excluding hydrogens is 443 g/mol. The molecule has 2 saturated carbocycles. The van der Waals surface area contributed by atoms with E-state index in [2.05, 4.69) is 5.32 Å². The fraction of sp³-hybridized carbons (Fsp3) is 0.517. The van der Waals surface area contributed by atoms with Crippen molar-refractivity contribution in [3.8, 4) is 5.75 Å². The lowest BCUT2D eigenvalue weighted by Crippen LogP contribution is -2.43. The summed E-state index contributed by atoms with van der Waals surface area (Å²) >= 11 is 0. The van der Waals surface area contributed by atoms with E-state index >= 15 is 0 Å².